The summed E-state index contributed by atoms with van der Waals surface area (Å²) in [4.78, 5) is 46.0. The van der Waals surface area contributed by atoms with Gasteiger partial charge in [-0.15, -0.1) is 11.8 Å². The van der Waals surface area contributed by atoms with Crippen molar-refractivity contribution in [2.75, 3.05) is 12.4 Å². The Kier molecular flexibility index (Phi) is 9.57. The summed E-state index contributed by atoms with van der Waals surface area (Å²) >= 11 is 1.37. The van der Waals surface area contributed by atoms with Crippen LogP contribution in [0.5, 0.6) is 0 Å². The van der Waals surface area contributed by atoms with Gasteiger partial charge in [0, 0.05) is 27.7 Å². The van der Waals surface area contributed by atoms with E-state index in [2.05, 4.69) is 0 Å². The average molecular weight is 406 g/mol. The highest BCUT2D eigenvalue weighted by molar-refractivity contribution is 7.99. The molecule has 9 nitrogen and oxygen atoms in total. The smallest absolute Gasteiger partial charge is 0.303 e. The van der Waals surface area contributed by atoms with Gasteiger partial charge in [-0.1, -0.05) is 6.92 Å². The molecule has 1 rings (SSSR count). The van der Waals surface area contributed by atoms with Gasteiger partial charge in [0.2, 0.25) is 0 Å². The van der Waals surface area contributed by atoms with Crippen LogP contribution in [0, 0.1) is 0 Å². The largest absolute Gasteiger partial charge is 0.463 e. The van der Waals surface area contributed by atoms with Crippen molar-refractivity contribution >= 4 is 35.6 Å². The van der Waals surface area contributed by atoms with Crippen molar-refractivity contribution in [1.29, 1.82) is 0 Å². The number of carbonyl (C=O) groups is 4. The van der Waals surface area contributed by atoms with Gasteiger partial charge in [-0.25, -0.2) is 0 Å². The maximum Gasteiger partial charge on any atom is 0.303 e. The minimum Gasteiger partial charge on any atom is -0.463 e. The molecule has 0 aromatic rings. The molecule has 1 heterocycles. The molecule has 0 N–H and O–H groups in total. The van der Waals surface area contributed by atoms with Gasteiger partial charge in [-0.3, -0.25) is 19.2 Å². The number of thioether (sulfide) groups is 1. The average Bonchev–Trinajstić information content (AvgIpc) is 2.54. The van der Waals surface area contributed by atoms with Crippen LogP contribution in [0.25, 0.3) is 0 Å². The van der Waals surface area contributed by atoms with Crippen molar-refractivity contribution in [3.05, 3.63) is 0 Å². The number of hydrogen-bond donors (Lipinski definition) is 0. The number of hydrogen-bond acceptors (Lipinski definition) is 10. The summed E-state index contributed by atoms with van der Waals surface area (Å²) in [5, 5.41) is 0. The Morgan fingerprint density at radius 2 is 1.33 bits per heavy atom. The van der Waals surface area contributed by atoms with Gasteiger partial charge in [0.1, 0.15) is 18.1 Å². The Hall–Kier alpha value is -1.81. The summed E-state index contributed by atoms with van der Waals surface area (Å²) < 4.78 is 26.9. The maximum absolute atomic E-state index is 11.6. The molecule has 1 aliphatic heterocycles. The van der Waals surface area contributed by atoms with E-state index in [4.69, 9.17) is 23.7 Å². The summed E-state index contributed by atoms with van der Waals surface area (Å²) in [6, 6.07) is 0. The highest BCUT2D eigenvalue weighted by Gasteiger charge is 2.52. The second-order valence-corrected chi connectivity index (χ2v) is 7.14. The molecule has 154 valence electrons. The molecule has 27 heavy (non-hydrogen) atoms. The first kappa shape index (κ1) is 23.2. The summed E-state index contributed by atoms with van der Waals surface area (Å²) in [6.45, 7) is 6.60. The number of esters is 4. The summed E-state index contributed by atoms with van der Waals surface area (Å²) in [5.41, 5.74) is -0.689. The van der Waals surface area contributed by atoms with Crippen molar-refractivity contribution < 1.29 is 42.9 Å². The van der Waals surface area contributed by atoms with Crippen LogP contribution in [-0.2, 0) is 42.9 Å². The van der Waals surface area contributed by atoms with Crippen molar-refractivity contribution in [3.63, 3.8) is 0 Å². The van der Waals surface area contributed by atoms with Gasteiger partial charge in [-0.05, 0) is 12.2 Å². The third-order valence-electron chi connectivity index (χ3n) is 3.43. The van der Waals surface area contributed by atoms with Gasteiger partial charge in [0.15, 0.2) is 18.3 Å². The van der Waals surface area contributed by atoms with Crippen LogP contribution in [0.4, 0.5) is 0 Å². The lowest BCUT2D eigenvalue weighted by Gasteiger charge is -2.44. The van der Waals surface area contributed by atoms with E-state index in [1.807, 2.05) is 6.92 Å². The Labute approximate surface area is 162 Å². The van der Waals surface area contributed by atoms with Crippen LogP contribution >= 0.6 is 11.8 Å². The van der Waals surface area contributed by atoms with Crippen molar-refractivity contribution in [1.82, 2.24) is 0 Å². The fourth-order valence-electron chi connectivity index (χ4n) is 2.56. The van der Waals surface area contributed by atoms with E-state index in [1.165, 1.54) is 39.5 Å². The molecule has 0 aliphatic carbocycles. The quantitative estimate of drug-likeness (QED) is 0.430. The molecule has 0 unspecified atom stereocenters. The van der Waals surface area contributed by atoms with Crippen LogP contribution in [0.15, 0.2) is 0 Å². The van der Waals surface area contributed by atoms with Crippen LogP contribution < -0.4 is 0 Å². The molecule has 0 aromatic heterocycles. The van der Waals surface area contributed by atoms with Gasteiger partial charge < -0.3 is 23.7 Å². The van der Waals surface area contributed by atoms with E-state index in [0.29, 0.717) is 5.75 Å². The minimum absolute atomic E-state index is 0.207. The lowest BCUT2D eigenvalue weighted by Crippen LogP contribution is -2.61. The predicted molar refractivity (Wildman–Crippen MR) is 94.7 cm³/mol. The van der Waals surface area contributed by atoms with E-state index >= 15 is 0 Å². The zero-order valence-electron chi connectivity index (χ0n) is 16.1. The Morgan fingerprint density at radius 3 is 1.81 bits per heavy atom. The zero-order valence-corrected chi connectivity index (χ0v) is 16.9. The molecule has 0 amide bonds. The fourth-order valence-corrected chi connectivity index (χ4v) is 3.65. The lowest BCUT2D eigenvalue weighted by molar-refractivity contribution is -0.237. The summed E-state index contributed by atoms with van der Waals surface area (Å²) in [5.74, 6) is -1.73. The van der Waals surface area contributed by atoms with E-state index < -0.39 is 53.7 Å². The predicted octanol–water partition coefficient (Wildman–Crippen LogP) is 1.21. The highest BCUT2D eigenvalue weighted by atomic mass is 32.2. The van der Waals surface area contributed by atoms with Crippen molar-refractivity contribution in [2.45, 2.75) is 70.9 Å². The molecular weight excluding hydrogens is 380 g/mol. The Bertz CT molecular complexity index is 551. The number of ether oxygens (including phenoxy) is 5. The highest BCUT2D eigenvalue weighted by Crippen LogP contribution is 2.34. The molecule has 0 saturated carbocycles. The lowest BCUT2D eigenvalue weighted by atomic mass is 9.99. The maximum atomic E-state index is 11.6. The second-order valence-electron chi connectivity index (χ2n) is 5.94. The molecule has 1 fully saturated rings. The second kappa shape index (κ2) is 11.1. The van der Waals surface area contributed by atoms with Crippen molar-refractivity contribution in [3.8, 4) is 0 Å². The van der Waals surface area contributed by atoms with Gasteiger partial charge in [-0.2, -0.15) is 0 Å². The van der Waals surface area contributed by atoms with Crippen LogP contribution in [0.1, 0.15) is 41.0 Å². The monoisotopic (exact) mass is 406 g/mol. The van der Waals surface area contributed by atoms with E-state index in [1.54, 1.807) is 0 Å². The van der Waals surface area contributed by atoms with E-state index in [-0.39, 0.29) is 6.61 Å². The van der Waals surface area contributed by atoms with Crippen LogP contribution in [-0.4, -0.2) is 66.1 Å². The normalized spacial score (nSPS) is 27.4. The van der Waals surface area contributed by atoms with Crippen LogP contribution in [0.2, 0.25) is 0 Å². The molecule has 5 atom stereocenters. The molecule has 0 aromatic carbocycles. The topological polar surface area (TPSA) is 114 Å². The first-order valence-corrected chi connectivity index (χ1v) is 9.62. The van der Waals surface area contributed by atoms with Gasteiger partial charge in [0.25, 0.3) is 0 Å². The van der Waals surface area contributed by atoms with Gasteiger partial charge in [0.05, 0.1) is 0 Å². The molecule has 0 bridgehead atoms. The van der Waals surface area contributed by atoms with E-state index in [9.17, 15) is 19.2 Å². The SMILES string of the molecule is CCCS[C@@H]1O[C@H](COC(C)=O)[C@@H](OC(C)=O)[C@H](OC(C)=O)[C@H]1OC(C)=O. The summed E-state index contributed by atoms with van der Waals surface area (Å²) in [7, 11) is 0. The fraction of sp³-hybridized carbons (Fsp3) is 0.765. The van der Waals surface area contributed by atoms with Gasteiger partial charge >= 0.3 is 23.9 Å². The summed E-state index contributed by atoms with van der Waals surface area (Å²) in [6.07, 6.45) is -3.24. The number of carbonyl (C=O) groups excluding carboxylic acids is 4. The molecule has 1 saturated heterocycles. The first-order chi connectivity index (χ1) is 12.6. The Morgan fingerprint density at radius 1 is 0.815 bits per heavy atom. The third-order valence-corrected chi connectivity index (χ3v) is 4.79. The molecule has 0 radical (unpaired) electrons. The zero-order chi connectivity index (χ0) is 20.6. The minimum atomic E-state index is -1.10. The standard InChI is InChI=1S/C17H26O9S/c1-6-7-27-17-16(25-12(5)21)15(24-11(4)20)14(23-10(3)19)13(26-17)8-22-9(2)18/h13-17H,6-8H2,1-5H3/t13-,14-,15+,16-,17+/m1/s1. The Balaban J connectivity index is 3.22. The molecule has 1 aliphatic rings. The number of rotatable bonds is 8. The molecule has 0 spiro atoms. The van der Waals surface area contributed by atoms with Crippen LogP contribution in [0.3, 0.4) is 0 Å². The third kappa shape index (κ3) is 7.76. The van der Waals surface area contributed by atoms with Crippen molar-refractivity contribution in [2.24, 2.45) is 0 Å². The first-order valence-electron chi connectivity index (χ1n) is 8.57. The molecular formula is C17H26O9S. The molecule has 10 heteroatoms. The van der Waals surface area contributed by atoms with E-state index in [0.717, 1.165) is 6.42 Å².